The first-order valence-corrected chi connectivity index (χ1v) is 17.0. The molecule has 0 aromatic heterocycles. The molecule has 4 rings (SSSR count). The molecule has 13 heteroatoms. The molecule has 1 unspecified atom stereocenters. The molecule has 4 N–H and O–H groups in total. The number of nitrogens with one attached hydrogen (secondary N) is 1. The number of aliphatic hydroxyl groups is 1. The molecule has 0 aliphatic carbocycles. The number of rotatable bonds is 12. The number of hydrogen-bond donors (Lipinski definition) is 3. The van der Waals surface area contributed by atoms with Crippen molar-refractivity contribution in [3.8, 4) is 5.75 Å². The minimum atomic E-state index is -4.56. The van der Waals surface area contributed by atoms with E-state index < -0.39 is 46.3 Å². The van der Waals surface area contributed by atoms with Gasteiger partial charge in [-0.1, -0.05) is 42.5 Å². The second-order valence-electron chi connectivity index (χ2n) is 12.7. The molecule has 1 aliphatic rings. The Bertz CT molecular complexity index is 1680. The largest absolute Gasteiger partial charge is 0.497 e. The maximum absolute atomic E-state index is 14.1. The van der Waals surface area contributed by atoms with Crippen LogP contribution in [0.5, 0.6) is 5.75 Å². The van der Waals surface area contributed by atoms with Crippen LogP contribution in [0.4, 0.5) is 4.79 Å². The van der Waals surface area contributed by atoms with Gasteiger partial charge >= 0.3 is 6.09 Å². The van der Waals surface area contributed by atoms with Crippen LogP contribution in [0.25, 0.3) is 10.8 Å². The number of sulfonamides is 1. The molecule has 0 bridgehead atoms. The zero-order chi connectivity index (χ0) is 34.4. The Labute approximate surface area is 275 Å². The lowest BCUT2D eigenvalue weighted by atomic mass is 9.96. The third kappa shape index (κ3) is 8.79. The molecule has 1 saturated heterocycles. The number of hydrogen-bond acceptors (Lipinski definition) is 8. The number of primary amides is 1. The lowest BCUT2D eigenvalue weighted by molar-refractivity contribution is -0.151. The maximum atomic E-state index is 14.1. The van der Waals surface area contributed by atoms with Crippen LogP contribution in [0, 0.1) is 5.92 Å². The van der Waals surface area contributed by atoms with E-state index in [-0.39, 0.29) is 23.1 Å². The highest BCUT2D eigenvalue weighted by molar-refractivity contribution is 7.89. The summed E-state index contributed by atoms with van der Waals surface area (Å²) in [5.74, 6) is -1.06. The third-order valence-corrected chi connectivity index (χ3v) is 10.1. The number of likely N-dealkylation sites (tertiary alicyclic amines) is 1. The first-order chi connectivity index (χ1) is 22.1. The second kappa shape index (κ2) is 14.7. The van der Waals surface area contributed by atoms with Crippen molar-refractivity contribution in [1.82, 2.24) is 14.5 Å². The van der Waals surface area contributed by atoms with Gasteiger partial charge in [0, 0.05) is 39.0 Å². The highest BCUT2D eigenvalue weighted by Crippen LogP contribution is 2.31. The predicted octanol–water partition coefficient (Wildman–Crippen LogP) is 3.41. The highest BCUT2D eigenvalue weighted by Gasteiger charge is 2.48. The summed E-state index contributed by atoms with van der Waals surface area (Å²) in [6, 6.07) is 18.1. The number of ether oxygens (including phenoxy) is 2. The zero-order valence-corrected chi connectivity index (χ0v) is 28.1. The Morgan fingerprint density at radius 3 is 2.26 bits per heavy atom. The van der Waals surface area contributed by atoms with Gasteiger partial charge < -0.3 is 30.5 Å². The van der Waals surface area contributed by atoms with E-state index in [1.165, 1.54) is 31.4 Å². The molecule has 1 heterocycles. The van der Waals surface area contributed by atoms with Gasteiger partial charge in [-0.2, -0.15) is 4.31 Å². The Kier molecular flexibility index (Phi) is 11.2. The molecular formula is C34H44N4O8S. The fourth-order valence-corrected chi connectivity index (χ4v) is 7.29. The van der Waals surface area contributed by atoms with E-state index >= 15 is 0 Å². The Morgan fingerprint density at radius 2 is 1.64 bits per heavy atom. The molecule has 0 radical (unpaired) electrons. The highest BCUT2D eigenvalue weighted by atomic mass is 32.2. The average Bonchev–Trinajstić information content (AvgIpc) is 3.03. The molecule has 3 aromatic carbocycles. The number of alkyl carbamates (subject to hydrolysis) is 1. The van der Waals surface area contributed by atoms with Crippen molar-refractivity contribution in [2.45, 2.75) is 62.7 Å². The first kappa shape index (κ1) is 35.7. The molecule has 3 amide bonds. The quantitative estimate of drug-likeness (QED) is 0.247. The van der Waals surface area contributed by atoms with Gasteiger partial charge in [0.25, 0.3) is 5.91 Å². The summed E-state index contributed by atoms with van der Waals surface area (Å²) in [7, 11) is -3.12. The van der Waals surface area contributed by atoms with E-state index in [4.69, 9.17) is 15.2 Å². The third-order valence-electron chi connectivity index (χ3n) is 8.20. The number of carbonyl (C=O) groups is 3. The van der Waals surface area contributed by atoms with Crippen molar-refractivity contribution in [2.75, 3.05) is 33.3 Å². The molecule has 1 fully saturated rings. The number of nitrogens with zero attached hydrogens (tertiary/aromatic N) is 2. The summed E-state index contributed by atoms with van der Waals surface area (Å²) >= 11 is 0. The number of piperidine rings is 1. The van der Waals surface area contributed by atoms with E-state index in [2.05, 4.69) is 5.32 Å². The predicted molar refractivity (Wildman–Crippen MR) is 177 cm³/mol. The summed E-state index contributed by atoms with van der Waals surface area (Å²) in [6.45, 7) is 6.07. The Hall–Kier alpha value is -4.20. The summed E-state index contributed by atoms with van der Waals surface area (Å²) in [5, 5.41) is 16.3. The van der Waals surface area contributed by atoms with E-state index in [0.29, 0.717) is 48.1 Å². The fraction of sp³-hybridized carbons (Fsp3) is 0.441. The van der Waals surface area contributed by atoms with Crippen LogP contribution in [0.1, 0.15) is 45.6 Å². The van der Waals surface area contributed by atoms with Crippen molar-refractivity contribution < 1.29 is 37.4 Å². The van der Waals surface area contributed by atoms with E-state index in [9.17, 15) is 27.9 Å². The topological polar surface area (TPSA) is 169 Å². The molecule has 1 aliphatic heterocycles. The van der Waals surface area contributed by atoms with Crippen molar-refractivity contribution in [3.63, 3.8) is 0 Å². The summed E-state index contributed by atoms with van der Waals surface area (Å²) in [6.07, 6.45) is 0.00762. The van der Waals surface area contributed by atoms with Crippen molar-refractivity contribution in [3.05, 3.63) is 72.3 Å². The smallest absolute Gasteiger partial charge is 0.407 e. The maximum Gasteiger partial charge on any atom is 0.407 e. The van der Waals surface area contributed by atoms with Gasteiger partial charge in [-0.05, 0) is 80.1 Å². The first-order valence-electron chi connectivity index (χ1n) is 15.5. The minimum absolute atomic E-state index is 0.138. The van der Waals surface area contributed by atoms with Crippen LogP contribution < -0.4 is 15.8 Å². The average molecular weight is 669 g/mol. The molecular weight excluding hydrogens is 624 g/mol. The number of benzene rings is 3. The van der Waals surface area contributed by atoms with Gasteiger partial charge in [-0.3, -0.25) is 9.59 Å². The van der Waals surface area contributed by atoms with E-state index in [1.807, 2.05) is 24.3 Å². The summed E-state index contributed by atoms with van der Waals surface area (Å²) in [4.78, 5) is 39.9. The van der Waals surface area contributed by atoms with Gasteiger partial charge in [0.05, 0.1) is 12.0 Å². The number of amides is 3. The van der Waals surface area contributed by atoms with E-state index in [1.54, 1.807) is 43.9 Å². The molecule has 254 valence electrons. The molecule has 0 spiro atoms. The zero-order valence-electron chi connectivity index (χ0n) is 27.3. The van der Waals surface area contributed by atoms with Gasteiger partial charge in [-0.25, -0.2) is 13.2 Å². The van der Waals surface area contributed by atoms with Gasteiger partial charge in [0.2, 0.25) is 21.7 Å². The van der Waals surface area contributed by atoms with E-state index in [0.717, 1.165) is 10.8 Å². The summed E-state index contributed by atoms with van der Waals surface area (Å²) in [5.41, 5.74) is 2.98. The fourth-order valence-electron chi connectivity index (χ4n) is 5.67. The molecule has 12 nitrogen and oxygen atoms in total. The number of fused-ring (bicyclic) bond motifs is 1. The Balaban J connectivity index is 1.54. The molecule has 0 saturated carbocycles. The van der Waals surface area contributed by atoms with Crippen LogP contribution >= 0.6 is 0 Å². The van der Waals surface area contributed by atoms with Crippen LogP contribution in [0.2, 0.25) is 0 Å². The number of methoxy groups -OCH3 is 1. The normalized spacial score (nSPS) is 15.7. The van der Waals surface area contributed by atoms with Crippen LogP contribution in [-0.4, -0.2) is 85.3 Å². The number of nitrogens with two attached hydrogens (primary N) is 1. The van der Waals surface area contributed by atoms with Crippen LogP contribution in [-0.2, 0) is 30.8 Å². The lowest BCUT2D eigenvalue weighted by Crippen LogP contribution is -2.61. The molecule has 47 heavy (non-hydrogen) atoms. The SMILES string of the molecule is COc1ccc(S(=O)(=O)N(CCC(=O)N2CCC(CNC(=O)OC(C)(C)C)CC2)C(O)(Cc2cccc3ccccc23)C(N)=O)cc1. The second-order valence-corrected chi connectivity index (χ2v) is 14.6. The van der Waals surface area contributed by atoms with Gasteiger partial charge in [0.15, 0.2) is 0 Å². The van der Waals surface area contributed by atoms with Crippen LogP contribution in [0.3, 0.4) is 0 Å². The molecule has 3 aromatic rings. The monoisotopic (exact) mass is 668 g/mol. The molecule has 1 atom stereocenters. The Morgan fingerprint density at radius 1 is 1.00 bits per heavy atom. The van der Waals surface area contributed by atoms with Gasteiger partial charge in [0.1, 0.15) is 11.4 Å². The number of carbonyl (C=O) groups excluding carboxylic acids is 3. The van der Waals surface area contributed by atoms with Gasteiger partial charge in [-0.15, -0.1) is 0 Å². The van der Waals surface area contributed by atoms with Crippen molar-refractivity contribution in [1.29, 1.82) is 0 Å². The lowest BCUT2D eigenvalue weighted by Gasteiger charge is -2.37. The summed E-state index contributed by atoms with van der Waals surface area (Å²) < 4.78 is 39.3. The van der Waals surface area contributed by atoms with Crippen molar-refractivity contribution in [2.24, 2.45) is 11.7 Å². The van der Waals surface area contributed by atoms with Crippen LogP contribution in [0.15, 0.2) is 71.6 Å². The minimum Gasteiger partial charge on any atom is -0.497 e. The standard InChI is InChI=1S/C34H44N4O8S/c1-33(2,3)46-32(41)36-23-24-16-19-37(20-17-24)30(39)18-21-38(47(43,44)28-14-12-27(45-4)13-15-28)34(42,31(35)40)22-26-10-7-9-25-8-5-6-11-29(25)26/h5-15,24,42H,16-23H2,1-4H3,(H2,35,40)(H,36,41). The van der Waals surface area contributed by atoms with Crippen molar-refractivity contribution >= 4 is 38.7 Å².